The second-order valence-electron chi connectivity index (χ2n) is 9.90. The van der Waals surface area contributed by atoms with Crippen molar-refractivity contribution in [2.24, 2.45) is 5.92 Å². The highest BCUT2D eigenvalue weighted by molar-refractivity contribution is 6.04. The van der Waals surface area contributed by atoms with Gasteiger partial charge < -0.3 is 18.6 Å². The van der Waals surface area contributed by atoms with Crippen molar-refractivity contribution >= 4 is 17.0 Å². The van der Waals surface area contributed by atoms with Gasteiger partial charge in [0.2, 0.25) is 0 Å². The summed E-state index contributed by atoms with van der Waals surface area (Å²) in [6.07, 6.45) is 5.81. The molecule has 0 unspecified atom stereocenters. The van der Waals surface area contributed by atoms with Crippen molar-refractivity contribution in [2.45, 2.75) is 65.3 Å². The van der Waals surface area contributed by atoms with Gasteiger partial charge in [-0.3, -0.25) is 0 Å². The molecule has 34 heavy (non-hydrogen) atoms. The number of hydrogen-bond donors (Lipinski definition) is 0. The molecular formula is C29H32O5. The Hall–Kier alpha value is -3.05. The molecule has 3 atom stereocenters. The number of fused-ring (bicyclic) bond motifs is 6. The third kappa shape index (κ3) is 3.82. The molecule has 0 fully saturated rings. The zero-order valence-electron chi connectivity index (χ0n) is 20.5. The number of benzene rings is 2. The van der Waals surface area contributed by atoms with Crippen LogP contribution in [-0.2, 0) is 4.74 Å². The average molecular weight is 461 g/mol. The van der Waals surface area contributed by atoms with E-state index in [1.165, 1.54) is 0 Å². The van der Waals surface area contributed by atoms with Crippen LogP contribution >= 0.6 is 0 Å². The summed E-state index contributed by atoms with van der Waals surface area (Å²) in [6.45, 7) is 11.0. The van der Waals surface area contributed by atoms with Crippen molar-refractivity contribution in [1.29, 1.82) is 0 Å². The van der Waals surface area contributed by atoms with Gasteiger partial charge in [0.25, 0.3) is 0 Å². The van der Waals surface area contributed by atoms with Crippen molar-refractivity contribution in [1.82, 2.24) is 0 Å². The molecule has 0 saturated carbocycles. The first-order valence-corrected chi connectivity index (χ1v) is 12.2. The molecule has 5 rings (SSSR count). The molecule has 5 nitrogen and oxygen atoms in total. The lowest BCUT2D eigenvalue weighted by atomic mass is 9.84. The maximum absolute atomic E-state index is 12.9. The zero-order chi connectivity index (χ0) is 24.0. The van der Waals surface area contributed by atoms with Crippen LogP contribution in [-0.4, -0.2) is 18.3 Å². The molecule has 0 spiro atoms. The van der Waals surface area contributed by atoms with Crippen LogP contribution in [0.25, 0.3) is 28.2 Å². The standard InChI is InChI=1S/C29H32O5/c1-6-7-15-31-25-17(2)18(3)32-26-20-13-14-29(4,5)34-27(20)23-21(19-11-9-8-10-12-19)16-22(30)33-28(23)24(25)26/h8-14,16-18,25H,6-7,15H2,1-5H3/t17-,18+,25+/m0/s1. The van der Waals surface area contributed by atoms with Gasteiger partial charge in [-0.15, -0.1) is 0 Å². The summed E-state index contributed by atoms with van der Waals surface area (Å²) in [5.74, 6) is 1.45. The van der Waals surface area contributed by atoms with Gasteiger partial charge >= 0.3 is 5.63 Å². The molecule has 0 bridgehead atoms. The molecule has 0 radical (unpaired) electrons. The molecule has 0 saturated heterocycles. The summed E-state index contributed by atoms with van der Waals surface area (Å²) < 4.78 is 25.4. The topological polar surface area (TPSA) is 57.9 Å². The fraction of sp³-hybridized carbons (Fsp3) is 0.414. The second-order valence-corrected chi connectivity index (χ2v) is 9.90. The maximum Gasteiger partial charge on any atom is 0.336 e. The van der Waals surface area contributed by atoms with Gasteiger partial charge in [-0.2, -0.15) is 0 Å². The van der Waals surface area contributed by atoms with Crippen molar-refractivity contribution in [3.63, 3.8) is 0 Å². The summed E-state index contributed by atoms with van der Waals surface area (Å²) in [7, 11) is 0. The van der Waals surface area contributed by atoms with E-state index in [2.05, 4.69) is 26.8 Å². The summed E-state index contributed by atoms with van der Waals surface area (Å²) in [6, 6.07) is 11.5. The minimum absolute atomic E-state index is 0.0620. The molecule has 2 aliphatic rings. The third-order valence-electron chi connectivity index (χ3n) is 6.87. The van der Waals surface area contributed by atoms with Gasteiger partial charge in [0.05, 0.1) is 22.6 Å². The van der Waals surface area contributed by atoms with Crippen LogP contribution in [0.1, 0.15) is 64.7 Å². The Morgan fingerprint density at radius 2 is 1.85 bits per heavy atom. The predicted octanol–water partition coefficient (Wildman–Crippen LogP) is 6.92. The molecule has 2 aliphatic heterocycles. The lowest BCUT2D eigenvalue weighted by molar-refractivity contribution is -0.0385. The first-order chi connectivity index (χ1) is 16.3. The van der Waals surface area contributed by atoms with Crippen LogP contribution in [0.15, 0.2) is 51.7 Å². The Balaban J connectivity index is 1.88. The van der Waals surface area contributed by atoms with Crippen LogP contribution < -0.4 is 15.1 Å². The Kier molecular flexibility index (Phi) is 5.76. The third-order valence-corrected chi connectivity index (χ3v) is 6.87. The Morgan fingerprint density at radius 3 is 2.59 bits per heavy atom. The highest BCUT2D eigenvalue weighted by atomic mass is 16.5. The zero-order valence-corrected chi connectivity index (χ0v) is 20.5. The van der Waals surface area contributed by atoms with E-state index in [4.69, 9.17) is 18.6 Å². The van der Waals surface area contributed by atoms with Crippen LogP contribution in [0.5, 0.6) is 11.5 Å². The molecule has 3 heterocycles. The van der Waals surface area contributed by atoms with Crippen LogP contribution in [0.2, 0.25) is 0 Å². The minimum Gasteiger partial charge on any atom is -0.489 e. The van der Waals surface area contributed by atoms with Gasteiger partial charge in [-0.25, -0.2) is 4.79 Å². The normalized spacial score (nSPS) is 22.6. The van der Waals surface area contributed by atoms with E-state index in [0.29, 0.717) is 23.7 Å². The molecular weight excluding hydrogens is 428 g/mol. The SMILES string of the molecule is CCCCO[C@H]1c2c(c3c(c4c(-c5ccccc5)cc(=O)oc24)OC(C)(C)C=C3)O[C@H](C)[C@@H]1C. The quantitative estimate of drug-likeness (QED) is 0.306. The Bertz CT molecular complexity index is 1300. The van der Waals surface area contributed by atoms with Gasteiger partial charge in [-0.1, -0.05) is 50.6 Å². The van der Waals surface area contributed by atoms with Gasteiger partial charge in [-0.05, 0) is 44.9 Å². The largest absolute Gasteiger partial charge is 0.489 e. The predicted molar refractivity (Wildman–Crippen MR) is 135 cm³/mol. The number of unbranched alkanes of at least 4 members (excludes halogenated alkanes) is 1. The second kappa shape index (κ2) is 8.62. The Labute approximate surface area is 200 Å². The van der Waals surface area contributed by atoms with E-state index in [0.717, 1.165) is 40.5 Å². The maximum atomic E-state index is 12.9. The molecule has 178 valence electrons. The summed E-state index contributed by atoms with van der Waals surface area (Å²) in [4.78, 5) is 12.9. The highest BCUT2D eigenvalue weighted by Crippen LogP contribution is 2.54. The molecule has 0 amide bonds. The summed E-state index contributed by atoms with van der Waals surface area (Å²) in [5.41, 5.74) is 2.97. The van der Waals surface area contributed by atoms with E-state index in [-0.39, 0.29) is 18.1 Å². The van der Waals surface area contributed by atoms with Crippen molar-refractivity contribution in [3.05, 3.63) is 64.0 Å². The molecule has 3 aromatic rings. The number of rotatable bonds is 5. The molecule has 0 N–H and O–H groups in total. The summed E-state index contributed by atoms with van der Waals surface area (Å²) in [5, 5.41) is 0.784. The van der Waals surface area contributed by atoms with E-state index < -0.39 is 11.2 Å². The number of ether oxygens (including phenoxy) is 3. The van der Waals surface area contributed by atoms with Crippen LogP contribution in [0.4, 0.5) is 0 Å². The lowest BCUT2D eigenvalue weighted by Crippen LogP contribution is -2.35. The average Bonchev–Trinajstić information content (AvgIpc) is 2.81. The fourth-order valence-corrected chi connectivity index (χ4v) is 4.86. The smallest absolute Gasteiger partial charge is 0.336 e. The number of hydrogen-bond acceptors (Lipinski definition) is 5. The van der Waals surface area contributed by atoms with E-state index in [1.54, 1.807) is 6.07 Å². The van der Waals surface area contributed by atoms with Crippen molar-refractivity contribution in [2.75, 3.05) is 6.61 Å². The monoisotopic (exact) mass is 460 g/mol. The first kappa shape index (κ1) is 22.7. The van der Waals surface area contributed by atoms with Gasteiger partial charge in [0.15, 0.2) is 5.58 Å². The van der Waals surface area contributed by atoms with Crippen LogP contribution in [0, 0.1) is 5.92 Å². The Morgan fingerprint density at radius 1 is 1.09 bits per heavy atom. The van der Waals surface area contributed by atoms with Gasteiger partial charge in [0, 0.05) is 24.2 Å². The molecule has 0 aliphatic carbocycles. The van der Waals surface area contributed by atoms with Crippen LogP contribution in [0.3, 0.4) is 0 Å². The summed E-state index contributed by atoms with van der Waals surface area (Å²) >= 11 is 0. The lowest BCUT2D eigenvalue weighted by Gasteiger charge is -2.39. The van der Waals surface area contributed by atoms with Crippen molar-refractivity contribution < 1.29 is 18.6 Å². The molecule has 5 heteroatoms. The van der Waals surface area contributed by atoms with Gasteiger partial charge in [0.1, 0.15) is 23.2 Å². The van der Waals surface area contributed by atoms with E-state index in [1.807, 2.05) is 50.3 Å². The highest BCUT2D eigenvalue weighted by Gasteiger charge is 2.41. The molecule has 1 aromatic heterocycles. The van der Waals surface area contributed by atoms with Crippen molar-refractivity contribution in [3.8, 4) is 22.6 Å². The van der Waals surface area contributed by atoms with E-state index in [9.17, 15) is 4.79 Å². The fourth-order valence-electron chi connectivity index (χ4n) is 4.86. The minimum atomic E-state index is -0.511. The molecule has 2 aromatic carbocycles. The van der Waals surface area contributed by atoms with E-state index >= 15 is 0 Å². The first-order valence-electron chi connectivity index (χ1n) is 12.2.